The van der Waals surface area contributed by atoms with Crippen LogP contribution in [0.3, 0.4) is 0 Å². The Hall–Kier alpha value is -2.04. The molecule has 2 aromatic carbocycles. The molecule has 1 heteroatoms. The molecule has 0 saturated carbocycles. The van der Waals surface area contributed by atoms with Crippen molar-refractivity contribution in [2.45, 2.75) is 13.0 Å². The van der Waals surface area contributed by atoms with Gasteiger partial charge in [-0.1, -0.05) is 59.9 Å². The fourth-order valence-corrected chi connectivity index (χ4v) is 1.93. The fourth-order valence-electron chi connectivity index (χ4n) is 1.93. The lowest BCUT2D eigenvalue weighted by atomic mass is 10.0. The predicted octanol–water partition coefficient (Wildman–Crippen LogP) is 3.65. The molecule has 96 valence electrons. The lowest BCUT2D eigenvalue weighted by molar-refractivity contribution is 0.361. The summed E-state index contributed by atoms with van der Waals surface area (Å²) in [5.41, 5.74) is 3.57. The van der Waals surface area contributed by atoms with Gasteiger partial charge >= 0.3 is 0 Å². The summed E-state index contributed by atoms with van der Waals surface area (Å²) in [4.78, 5) is 2.14. The number of rotatable bonds is 2. The Morgan fingerprint density at radius 1 is 0.895 bits per heavy atom. The highest BCUT2D eigenvalue weighted by Gasteiger charge is 2.10. The number of aryl methyl sites for hydroxylation is 1. The van der Waals surface area contributed by atoms with Gasteiger partial charge in [-0.2, -0.15) is 0 Å². The standard InChI is InChI=1S/C18H19N/c1-15-9-12-17(13-10-15)18(19(2)3)14-11-16-7-5-4-6-8-16/h4-10,12-13,18H,1-3H3. The Morgan fingerprint density at radius 2 is 1.53 bits per heavy atom. The number of hydrogen-bond acceptors (Lipinski definition) is 1. The van der Waals surface area contributed by atoms with Crippen LogP contribution in [0, 0.1) is 18.8 Å². The van der Waals surface area contributed by atoms with Crippen LogP contribution in [-0.4, -0.2) is 19.0 Å². The van der Waals surface area contributed by atoms with Gasteiger partial charge in [0.15, 0.2) is 0 Å². The van der Waals surface area contributed by atoms with E-state index in [-0.39, 0.29) is 6.04 Å². The molecule has 1 unspecified atom stereocenters. The van der Waals surface area contributed by atoms with Crippen LogP contribution in [0.5, 0.6) is 0 Å². The van der Waals surface area contributed by atoms with Gasteiger partial charge in [0.1, 0.15) is 0 Å². The molecule has 0 fully saturated rings. The third kappa shape index (κ3) is 3.71. The normalized spacial score (nSPS) is 11.8. The summed E-state index contributed by atoms with van der Waals surface area (Å²) < 4.78 is 0. The number of benzene rings is 2. The van der Waals surface area contributed by atoms with Crippen LogP contribution in [0.2, 0.25) is 0 Å². The van der Waals surface area contributed by atoms with Gasteiger partial charge in [-0.3, -0.25) is 4.90 Å². The van der Waals surface area contributed by atoms with Gasteiger partial charge < -0.3 is 0 Å². The number of hydrogen-bond donors (Lipinski definition) is 0. The Balaban J connectivity index is 2.27. The van der Waals surface area contributed by atoms with E-state index in [0.717, 1.165) is 5.56 Å². The molecule has 0 aliphatic carbocycles. The second-order valence-electron chi connectivity index (χ2n) is 4.91. The molecule has 0 heterocycles. The zero-order valence-corrected chi connectivity index (χ0v) is 11.7. The van der Waals surface area contributed by atoms with Crippen LogP contribution in [0.1, 0.15) is 22.7 Å². The molecule has 0 aromatic heterocycles. The van der Waals surface area contributed by atoms with Crippen molar-refractivity contribution in [3.05, 3.63) is 71.3 Å². The minimum atomic E-state index is 0.126. The predicted molar refractivity (Wildman–Crippen MR) is 80.9 cm³/mol. The van der Waals surface area contributed by atoms with Crippen LogP contribution >= 0.6 is 0 Å². The topological polar surface area (TPSA) is 3.24 Å². The first kappa shape index (κ1) is 13.4. The molecule has 0 radical (unpaired) electrons. The van der Waals surface area contributed by atoms with Gasteiger partial charge in [-0.15, -0.1) is 0 Å². The molecule has 1 atom stereocenters. The van der Waals surface area contributed by atoms with Crippen molar-refractivity contribution in [3.63, 3.8) is 0 Å². The smallest absolute Gasteiger partial charge is 0.0969 e. The van der Waals surface area contributed by atoms with E-state index in [1.165, 1.54) is 11.1 Å². The zero-order chi connectivity index (χ0) is 13.7. The van der Waals surface area contributed by atoms with Gasteiger partial charge in [0, 0.05) is 5.56 Å². The second-order valence-corrected chi connectivity index (χ2v) is 4.91. The molecule has 2 rings (SSSR count). The molecule has 0 saturated heterocycles. The zero-order valence-electron chi connectivity index (χ0n) is 11.7. The highest BCUT2D eigenvalue weighted by atomic mass is 15.1. The van der Waals surface area contributed by atoms with E-state index < -0.39 is 0 Å². The third-order valence-electron chi connectivity index (χ3n) is 3.04. The molecule has 19 heavy (non-hydrogen) atoms. The van der Waals surface area contributed by atoms with Crippen molar-refractivity contribution in [2.75, 3.05) is 14.1 Å². The van der Waals surface area contributed by atoms with Crippen LogP contribution < -0.4 is 0 Å². The van der Waals surface area contributed by atoms with Crippen molar-refractivity contribution in [1.29, 1.82) is 0 Å². The second kappa shape index (κ2) is 6.22. The Morgan fingerprint density at radius 3 is 2.11 bits per heavy atom. The van der Waals surface area contributed by atoms with Crippen molar-refractivity contribution in [3.8, 4) is 11.8 Å². The Bertz CT molecular complexity index is 571. The largest absolute Gasteiger partial charge is 0.292 e. The van der Waals surface area contributed by atoms with Crippen LogP contribution in [0.4, 0.5) is 0 Å². The summed E-state index contributed by atoms with van der Waals surface area (Å²) in [5, 5.41) is 0. The minimum absolute atomic E-state index is 0.126. The van der Waals surface area contributed by atoms with Gasteiger partial charge in [0.2, 0.25) is 0 Å². The first-order valence-electron chi connectivity index (χ1n) is 6.46. The van der Waals surface area contributed by atoms with Gasteiger partial charge in [0.25, 0.3) is 0 Å². The van der Waals surface area contributed by atoms with Crippen molar-refractivity contribution >= 4 is 0 Å². The summed E-state index contributed by atoms with van der Waals surface area (Å²) >= 11 is 0. The first-order chi connectivity index (χ1) is 9.16. The Kier molecular flexibility index (Phi) is 4.39. The molecular formula is C18H19N. The summed E-state index contributed by atoms with van der Waals surface area (Å²) in [5.74, 6) is 6.59. The number of nitrogens with zero attached hydrogens (tertiary/aromatic N) is 1. The van der Waals surface area contributed by atoms with E-state index in [1.54, 1.807) is 0 Å². The lowest BCUT2D eigenvalue weighted by Gasteiger charge is -2.19. The van der Waals surface area contributed by atoms with Crippen molar-refractivity contribution < 1.29 is 0 Å². The average Bonchev–Trinajstić information content (AvgIpc) is 2.42. The van der Waals surface area contributed by atoms with Gasteiger partial charge in [-0.25, -0.2) is 0 Å². The van der Waals surface area contributed by atoms with Crippen molar-refractivity contribution in [2.24, 2.45) is 0 Å². The molecule has 0 N–H and O–H groups in total. The maximum absolute atomic E-state index is 3.35. The first-order valence-corrected chi connectivity index (χ1v) is 6.46. The molecule has 0 amide bonds. The van der Waals surface area contributed by atoms with E-state index in [1.807, 2.05) is 30.3 Å². The quantitative estimate of drug-likeness (QED) is 0.734. The van der Waals surface area contributed by atoms with Crippen LogP contribution in [0.15, 0.2) is 54.6 Å². The molecule has 1 nitrogen and oxygen atoms in total. The highest BCUT2D eigenvalue weighted by molar-refractivity contribution is 5.38. The average molecular weight is 249 g/mol. The summed E-state index contributed by atoms with van der Waals surface area (Å²) in [6.07, 6.45) is 0. The molecule has 0 bridgehead atoms. The molecule has 0 spiro atoms. The van der Waals surface area contributed by atoms with E-state index >= 15 is 0 Å². The monoisotopic (exact) mass is 249 g/mol. The summed E-state index contributed by atoms with van der Waals surface area (Å²) in [6, 6.07) is 18.8. The third-order valence-corrected chi connectivity index (χ3v) is 3.04. The van der Waals surface area contributed by atoms with Crippen LogP contribution in [-0.2, 0) is 0 Å². The molecule has 2 aromatic rings. The summed E-state index contributed by atoms with van der Waals surface area (Å²) in [6.45, 7) is 2.10. The molecule has 0 aliphatic rings. The molecular weight excluding hydrogens is 230 g/mol. The maximum atomic E-state index is 3.35. The lowest BCUT2D eigenvalue weighted by Crippen LogP contribution is -2.18. The SMILES string of the molecule is Cc1ccc(C(C#Cc2ccccc2)N(C)C)cc1. The van der Waals surface area contributed by atoms with E-state index in [4.69, 9.17) is 0 Å². The van der Waals surface area contributed by atoms with E-state index in [2.05, 4.69) is 62.0 Å². The minimum Gasteiger partial charge on any atom is -0.292 e. The van der Waals surface area contributed by atoms with Gasteiger partial charge in [0.05, 0.1) is 6.04 Å². The Labute approximate surface area is 115 Å². The highest BCUT2D eigenvalue weighted by Crippen LogP contribution is 2.18. The van der Waals surface area contributed by atoms with Crippen LogP contribution in [0.25, 0.3) is 0 Å². The summed E-state index contributed by atoms with van der Waals surface area (Å²) in [7, 11) is 4.12. The van der Waals surface area contributed by atoms with Crippen molar-refractivity contribution in [1.82, 2.24) is 4.90 Å². The van der Waals surface area contributed by atoms with Gasteiger partial charge in [-0.05, 0) is 38.7 Å². The fraction of sp³-hybridized carbons (Fsp3) is 0.222. The van der Waals surface area contributed by atoms with E-state index in [0.29, 0.717) is 0 Å². The van der Waals surface area contributed by atoms with E-state index in [9.17, 15) is 0 Å². The molecule has 0 aliphatic heterocycles. The maximum Gasteiger partial charge on any atom is 0.0969 e.